The third-order valence-electron chi connectivity index (χ3n) is 10.8. The Kier molecular flexibility index (Phi) is 14.1. The number of hydrogen-bond donors (Lipinski definition) is 12. The molecule has 22 heteroatoms. The number of benzene rings is 3. The van der Waals surface area contributed by atoms with Crippen LogP contribution in [0.1, 0.15) is 12.5 Å². The predicted octanol–water partition coefficient (Wildman–Crippen LogP) is -1.95. The van der Waals surface area contributed by atoms with Gasteiger partial charge in [-0.15, -0.1) is 0 Å². The Labute approximate surface area is 361 Å². The number of ether oxygens (including phenoxy) is 7. The molecule has 3 saturated heterocycles. The Morgan fingerprint density at radius 3 is 1.95 bits per heavy atom. The van der Waals surface area contributed by atoms with E-state index in [0.29, 0.717) is 5.56 Å². The van der Waals surface area contributed by atoms with Gasteiger partial charge < -0.3 is 98.9 Å². The number of fused-ring (bicyclic) bond motifs is 1. The lowest BCUT2D eigenvalue weighted by Crippen LogP contribution is -2.62. The van der Waals surface area contributed by atoms with Gasteiger partial charge in [0.05, 0.1) is 19.3 Å². The maximum absolute atomic E-state index is 14.3. The van der Waals surface area contributed by atoms with Gasteiger partial charge in [0.25, 0.3) is 0 Å². The lowest BCUT2D eigenvalue weighted by Gasteiger charge is -2.43. The second-order valence-electron chi connectivity index (χ2n) is 15.3. The fraction of sp³-hybridized carbons (Fsp3) is 0.429. The lowest BCUT2D eigenvalue weighted by atomic mass is 9.98. The first kappa shape index (κ1) is 46.5. The minimum Gasteiger partial charge on any atom is -0.508 e. The van der Waals surface area contributed by atoms with E-state index < -0.39 is 139 Å². The molecule has 3 aliphatic rings. The van der Waals surface area contributed by atoms with Crippen molar-refractivity contribution in [1.82, 2.24) is 0 Å². The van der Waals surface area contributed by atoms with Crippen LogP contribution in [0.2, 0.25) is 0 Å². The van der Waals surface area contributed by atoms with Crippen LogP contribution in [0.4, 0.5) is 0 Å². The molecule has 4 aromatic rings. The number of phenols is 3. The van der Waals surface area contributed by atoms with E-state index in [-0.39, 0.29) is 28.4 Å². The number of carbonyl (C=O) groups is 1. The standard InChI is InChI=1S/C42H46O22/c1-16-28(48)31(51)34(54)40(58-16)57-15-25-38(63-26(47)11-4-17-2-7-19(44)8-3-17)33(53)36(56)42(62-25)64-39-30(50)27-22(46)12-21(59-41-35(55)32(52)29(49)24(14-43)61-41)13-23(27)60-37(39)18-5-9-20(45)10-6-18/h2-13,16,24-25,28-29,31-36,38,40-46,48-49,51-56H,14-15H2,1H3/b11-4-/t16?,24-,25?,28-,29+,31-,32?,33?,34?,35?,36?,38-,40+,41+,42-/m0/s1. The largest absolute Gasteiger partial charge is 0.508 e. The van der Waals surface area contributed by atoms with Gasteiger partial charge >= 0.3 is 5.97 Å². The Balaban J connectivity index is 1.21. The van der Waals surface area contributed by atoms with Gasteiger partial charge in [-0.3, -0.25) is 4.79 Å². The molecule has 7 rings (SSSR count). The maximum Gasteiger partial charge on any atom is 0.331 e. The smallest absolute Gasteiger partial charge is 0.331 e. The van der Waals surface area contributed by atoms with E-state index in [1.165, 1.54) is 61.5 Å². The molecule has 3 aliphatic heterocycles. The highest BCUT2D eigenvalue weighted by Gasteiger charge is 2.50. The quantitative estimate of drug-likeness (QED) is 0.0543. The summed E-state index contributed by atoms with van der Waals surface area (Å²) in [5.41, 5.74) is -0.907. The Morgan fingerprint density at radius 2 is 1.28 bits per heavy atom. The molecule has 4 heterocycles. The molecule has 0 aliphatic carbocycles. The van der Waals surface area contributed by atoms with Crippen molar-refractivity contribution in [2.45, 2.75) is 99.0 Å². The molecule has 22 nitrogen and oxygen atoms in total. The molecule has 0 bridgehead atoms. The van der Waals surface area contributed by atoms with Gasteiger partial charge in [0.15, 0.2) is 18.2 Å². The second-order valence-corrected chi connectivity index (χ2v) is 15.3. The molecule has 64 heavy (non-hydrogen) atoms. The highest BCUT2D eigenvalue weighted by molar-refractivity contribution is 5.88. The van der Waals surface area contributed by atoms with Crippen LogP contribution in [0.3, 0.4) is 0 Å². The molecule has 3 aromatic carbocycles. The van der Waals surface area contributed by atoms with Gasteiger partial charge in [-0.05, 0) is 55.0 Å². The fourth-order valence-electron chi connectivity index (χ4n) is 7.20. The van der Waals surface area contributed by atoms with Crippen molar-refractivity contribution in [3.63, 3.8) is 0 Å². The average Bonchev–Trinajstić information content (AvgIpc) is 3.27. The number of aliphatic hydroxyl groups is 9. The number of rotatable bonds is 12. The SMILES string of the molecule is CC1O[C@@H](OCC2O[C@@H](Oc3c(-c4ccc(O)cc4)oc4cc(O[C@@H]5O[C@@H](CO)[C@@H](O)C(O)C5O)cc(O)c4c3=O)C(O)C(O)[C@H]2OC(=O)/C=C\c2ccc(O)cc2)C(O)[C@@H](O)[C@H]1O. The van der Waals surface area contributed by atoms with E-state index in [1.807, 2.05) is 0 Å². The number of aromatic hydroxyl groups is 3. The molecule has 346 valence electrons. The molecular weight excluding hydrogens is 856 g/mol. The molecule has 7 unspecified atom stereocenters. The number of carbonyl (C=O) groups excluding carboxylic acids is 1. The van der Waals surface area contributed by atoms with Gasteiger partial charge in [0, 0.05) is 23.8 Å². The molecule has 1 aromatic heterocycles. The maximum atomic E-state index is 14.3. The van der Waals surface area contributed by atoms with Crippen LogP contribution in [0.25, 0.3) is 28.4 Å². The molecule has 3 fully saturated rings. The highest BCUT2D eigenvalue weighted by Crippen LogP contribution is 2.39. The average molecular weight is 903 g/mol. The Bertz CT molecular complexity index is 2330. The summed E-state index contributed by atoms with van der Waals surface area (Å²) in [6, 6.07) is 12.8. The van der Waals surface area contributed by atoms with Crippen molar-refractivity contribution in [1.29, 1.82) is 0 Å². The van der Waals surface area contributed by atoms with Gasteiger partial charge in [0.2, 0.25) is 23.8 Å². The van der Waals surface area contributed by atoms with Crippen molar-refractivity contribution >= 4 is 23.0 Å². The topological polar surface area (TPSA) is 355 Å². The van der Waals surface area contributed by atoms with Crippen LogP contribution < -0.4 is 14.9 Å². The van der Waals surface area contributed by atoms with Gasteiger partial charge in [-0.1, -0.05) is 12.1 Å². The van der Waals surface area contributed by atoms with Crippen molar-refractivity contribution in [2.75, 3.05) is 13.2 Å². The zero-order valence-electron chi connectivity index (χ0n) is 33.5. The monoisotopic (exact) mass is 902 g/mol. The first-order valence-corrected chi connectivity index (χ1v) is 19.7. The van der Waals surface area contributed by atoms with Crippen LogP contribution in [0, 0.1) is 0 Å². The summed E-state index contributed by atoms with van der Waals surface area (Å²) < 4.78 is 45.7. The van der Waals surface area contributed by atoms with E-state index in [2.05, 4.69) is 0 Å². The van der Waals surface area contributed by atoms with E-state index in [0.717, 1.165) is 18.2 Å². The zero-order valence-corrected chi connectivity index (χ0v) is 33.5. The fourth-order valence-corrected chi connectivity index (χ4v) is 7.20. The number of aliphatic hydroxyl groups excluding tert-OH is 9. The minimum absolute atomic E-state index is 0.0263. The molecule has 12 N–H and O–H groups in total. The van der Waals surface area contributed by atoms with Crippen molar-refractivity contribution in [3.05, 3.63) is 82.5 Å². The second kappa shape index (κ2) is 19.3. The first-order chi connectivity index (χ1) is 30.4. The normalized spacial score (nSPS) is 33.2. The zero-order chi connectivity index (χ0) is 46.1. The Morgan fingerprint density at radius 1 is 0.688 bits per heavy atom. The first-order valence-electron chi connectivity index (χ1n) is 19.7. The molecule has 0 spiro atoms. The van der Waals surface area contributed by atoms with Crippen molar-refractivity contribution < 1.29 is 104 Å². The molecule has 0 radical (unpaired) electrons. The summed E-state index contributed by atoms with van der Waals surface area (Å²) in [6.07, 6.45) is -23.2. The molecule has 0 saturated carbocycles. The number of esters is 1. The van der Waals surface area contributed by atoms with Gasteiger partial charge in [-0.25, -0.2) is 4.79 Å². The third-order valence-corrected chi connectivity index (χ3v) is 10.8. The van der Waals surface area contributed by atoms with Crippen LogP contribution in [0.15, 0.2) is 76.0 Å². The van der Waals surface area contributed by atoms with E-state index >= 15 is 0 Å². The van der Waals surface area contributed by atoms with E-state index in [4.69, 9.17) is 37.6 Å². The minimum atomic E-state index is -2.12. The predicted molar refractivity (Wildman–Crippen MR) is 212 cm³/mol. The van der Waals surface area contributed by atoms with E-state index in [9.17, 15) is 70.9 Å². The number of phenolic OH excluding ortho intramolecular Hbond substituents is 3. The molecule has 15 atom stereocenters. The molecular formula is C42H46O22. The lowest BCUT2D eigenvalue weighted by molar-refractivity contribution is -0.319. The van der Waals surface area contributed by atoms with Crippen LogP contribution in [-0.4, -0.2) is 173 Å². The van der Waals surface area contributed by atoms with Crippen molar-refractivity contribution in [3.8, 4) is 40.1 Å². The Hall–Kier alpha value is -5.44. The highest BCUT2D eigenvalue weighted by atomic mass is 16.7. The third kappa shape index (κ3) is 9.64. The van der Waals surface area contributed by atoms with E-state index in [1.54, 1.807) is 0 Å². The van der Waals surface area contributed by atoms with Crippen LogP contribution in [-0.2, 0) is 28.5 Å². The van der Waals surface area contributed by atoms with Gasteiger partial charge in [-0.2, -0.15) is 0 Å². The van der Waals surface area contributed by atoms with Crippen molar-refractivity contribution in [2.24, 2.45) is 0 Å². The van der Waals surface area contributed by atoms with Crippen LogP contribution in [0.5, 0.6) is 28.7 Å². The van der Waals surface area contributed by atoms with Crippen LogP contribution >= 0.6 is 0 Å². The summed E-state index contributed by atoms with van der Waals surface area (Å²) in [6.45, 7) is -0.0756. The summed E-state index contributed by atoms with van der Waals surface area (Å²) in [5.74, 6) is -3.47. The number of hydrogen-bond acceptors (Lipinski definition) is 22. The summed E-state index contributed by atoms with van der Waals surface area (Å²) >= 11 is 0. The summed E-state index contributed by atoms with van der Waals surface area (Å²) in [5, 5.41) is 125. The van der Waals surface area contributed by atoms with Gasteiger partial charge in [0.1, 0.15) is 95.0 Å². The summed E-state index contributed by atoms with van der Waals surface area (Å²) in [4.78, 5) is 27.4. The molecule has 0 amide bonds. The summed E-state index contributed by atoms with van der Waals surface area (Å²) in [7, 11) is 0.